The highest BCUT2D eigenvalue weighted by molar-refractivity contribution is 6.14. The molecule has 0 spiro atoms. The number of nitrogens with one attached hydrogen (secondary N) is 1. The molecule has 0 radical (unpaired) electrons. The molecule has 1 aromatic heterocycles. The average molecular weight is 485 g/mol. The molecule has 7 heteroatoms. The number of hydrogen-bond acceptors (Lipinski definition) is 5. The first-order chi connectivity index (χ1) is 17.3. The van der Waals surface area contributed by atoms with Gasteiger partial charge in [0, 0.05) is 12.2 Å². The molecule has 2 amide bonds. The third-order valence-corrected chi connectivity index (χ3v) is 6.50. The van der Waals surface area contributed by atoms with Crippen LogP contribution in [0.2, 0.25) is 0 Å². The van der Waals surface area contributed by atoms with Crippen LogP contribution in [0.4, 0.5) is 5.69 Å². The number of carbonyl (C=O) groups is 2. The molecule has 4 aromatic rings. The number of para-hydroxylation sites is 1. The van der Waals surface area contributed by atoms with E-state index in [-0.39, 0.29) is 18.3 Å². The number of fused-ring (bicyclic) bond motifs is 3. The van der Waals surface area contributed by atoms with Gasteiger partial charge >= 0.3 is 0 Å². The highest BCUT2D eigenvalue weighted by Gasteiger charge is 2.48. The topological polar surface area (TPSA) is 81.0 Å². The van der Waals surface area contributed by atoms with Gasteiger partial charge in [0.15, 0.2) is 11.3 Å². The molecule has 2 heterocycles. The molecular weight excluding hydrogens is 456 g/mol. The summed E-state index contributed by atoms with van der Waals surface area (Å²) in [7, 11) is 1.61. The molecule has 0 fully saturated rings. The van der Waals surface area contributed by atoms with Crippen LogP contribution in [0.25, 0.3) is 11.0 Å². The molecule has 1 aliphatic rings. The van der Waals surface area contributed by atoms with E-state index < -0.39 is 11.4 Å². The molecule has 0 aliphatic carbocycles. The first-order valence-corrected chi connectivity index (χ1v) is 11.8. The Bertz CT molecular complexity index is 1440. The Morgan fingerprint density at radius 2 is 1.75 bits per heavy atom. The number of anilines is 1. The molecule has 5 rings (SSSR count). The molecule has 184 valence electrons. The number of hydrogen-bond donors (Lipinski definition) is 1. The van der Waals surface area contributed by atoms with Gasteiger partial charge in [-0.15, -0.1) is 0 Å². The molecule has 1 atom stereocenters. The second kappa shape index (κ2) is 9.07. The van der Waals surface area contributed by atoms with Crippen LogP contribution in [-0.4, -0.2) is 31.1 Å². The van der Waals surface area contributed by atoms with Crippen LogP contribution in [0, 0.1) is 13.8 Å². The molecule has 0 saturated carbocycles. The predicted octanol–water partition coefficient (Wildman–Crippen LogP) is 5.17. The molecule has 0 saturated heterocycles. The number of methoxy groups -OCH3 is 1. The summed E-state index contributed by atoms with van der Waals surface area (Å²) in [6, 6.07) is 20.6. The zero-order valence-corrected chi connectivity index (χ0v) is 20.8. The van der Waals surface area contributed by atoms with E-state index in [0.717, 1.165) is 22.4 Å². The lowest BCUT2D eigenvalue weighted by atomic mass is 9.97. The van der Waals surface area contributed by atoms with Gasteiger partial charge in [0.1, 0.15) is 17.9 Å². The number of rotatable bonds is 5. The summed E-state index contributed by atoms with van der Waals surface area (Å²) in [6.45, 7) is 5.89. The second-order valence-electron chi connectivity index (χ2n) is 9.34. The minimum Gasteiger partial charge on any atom is -0.497 e. The number of benzene rings is 3. The third kappa shape index (κ3) is 4.06. The molecule has 36 heavy (non-hydrogen) atoms. The second-order valence-corrected chi connectivity index (χ2v) is 9.34. The molecule has 1 N–H and O–H groups in total. The fraction of sp³-hybridized carbons (Fsp3) is 0.241. The summed E-state index contributed by atoms with van der Waals surface area (Å²) in [5, 5.41) is 3.69. The molecule has 0 bridgehead atoms. The van der Waals surface area contributed by atoms with E-state index in [2.05, 4.69) is 5.32 Å². The van der Waals surface area contributed by atoms with Gasteiger partial charge in [0.2, 0.25) is 11.7 Å². The van der Waals surface area contributed by atoms with Gasteiger partial charge in [-0.3, -0.25) is 14.5 Å². The lowest BCUT2D eigenvalue weighted by Crippen LogP contribution is -2.61. The highest BCUT2D eigenvalue weighted by atomic mass is 16.5. The monoisotopic (exact) mass is 484 g/mol. The van der Waals surface area contributed by atoms with E-state index >= 15 is 0 Å². The Balaban J connectivity index is 1.55. The van der Waals surface area contributed by atoms with Gasteiger partial charge in [-0.2, -0.15) is 0 Å². The predicted molar refractivity (Wildman–Crippen MR) is 138 cm³/mol. The van der Waals surface area contributed by atoms with Crippen LogP contribution >= 0.6 is 0 Å². The quantitative estimate of drug-likeness (QED) is 0.423. The minimum atomic E-state index is -1.34. The molecule has 1 aliphatic heterocycles. The summed E-state index contributed by atoms with van der Waals surface area (Å²) < 4.78 is 17.3. The van der Waals surface area contributed by atoms with Crippen molar-refractivity contribution < 1.29 is 23.5 Å². The van der Waals surface area contributed by atoms with E-state index in [4.69, 9.17) is 13.9 Å². The van der Waals surface area contributed by atoms with Crippen LogP contribution in [0.15, 0.2) is 71.1 Å². The Kier molecular flexibility index (Phi) is 5.92. The number of ether oxygens (including phenoxy) is 2. The summed E-state index contributed by atoms with van der Waals surface area (Å²) in [4.78, 5) is 29.3. The number of nitrogens with zero attached hydrogens (tertiary/aromatic N) is 1. The average Bonchev–Trinajstić information content (AvgIpc) is 3.19. The fourth-order valence-electron chi connectivity index (χ4n) is 4.67. The van der Waals surface area contributed by atoms with E-state index in [1.165, 1.54) is 4.90 Å². The van der Waals surface area contributed by atoms with Crippen LogP contribution in [-0.2, 0) is 11.3 Å². The van der Waals surface area contributed by atoms with Crippen molar-refractivity contribution in [2.45, 2.75) is 32.9 Å². The highest BCUT2D eigenvalue weighted by Crippen LogP contribution is 2.40. The zero-order chi connectivity index (χ0) is 25.4. The van der Waals surface area contributed by atoms with Crippen molar-refractivity contribution in [1.82, 2.24) is 5.32 Å². The number of aryl methyl sites for hydroxylation is 2. The lowest BCUT2D eigenvalue weighted by Gasteiger charge is -2.37. The third-order valence-electron chi connectivity index (χ3n) is 6.50. The van der Waals surface area contributed by atoms with Crippen LogP contribution < -0.4 is 19.7 Å². The van der Waals surface area contributed by atoms with Crippen LogP contribution in [0.5, 0.6) is 11.5 Å². The molecular formula is C29H28N2O5. The van der Waals surface area contributed by atoms with Crippen molar-refractivity contribution in [3.63, 3.8) is 0 Å². The summed E-state index contributed by atoms with van der Waals surface area (Å²) in [5.74, 6) is 0.423. The fourth-order valence-corrected chi connectivity index (χ4v) is 4.67. The maximum absolute atomic E-state index is 14.1. The van der Waals surface area contributed by atoms with Gasteiger partial charge in [0.25, 0.3) is 5.91 Å². The zero-order valence-electron chi connectivity index (χ0n) is 20.8. The Labute approximate surface area is 209 Å². The minimum absolute atomic E-state index is 0.0449. The Morgan fingerprint density at radius 3 is 2.44 bits per heavy atom. The molecule has 3 aromatic carbocycles. The summed E-state index contributed by atoms with van der Waals surface area (Å²) in [5.41, 5.74) is 2.69. The van der Waals surface area contributed by atoms with Crippen LogP contribution in [0.1, 0.15) is 34.2 Å². The van der Waals surface area contributed by atoms with Crippen LogP contribution in [0.3, 0.4) is 0 Å². The van der Waals surface area contributed by atoms with Gasteiger partial charge < -0.3 is 19.2 Å². The van der Waals surface area contributed by atoms with Crippen molar-refractivity contribution in [1.29, 1.82) is 0 Å². The van der Waals surface area contributed by atoms with Crippen molar-refractivity contribution in [2.24, 2.45) is 0 Å². The largest absolute Gasteiger partial charge is 0.497 e. The summed E-state index contributed by atoms with van der Waals surface area (Å²) in [6.07, 6.45) is 0. The first-order valence-electron chi connectivity index (χ1n) is 11.8. The van der Waals surface area contributed by atoms with Crippen molar-refractivity contribution in [2.75, 3.05) is 18.6 Å². The Hall–Kier alpha value is -4.26. The number of amides is 2. The van der Waals surface area contributed by atoms with E-state index in [0.29, 0.717) is 29.0 Å². The SMILES string of the molecule is COc1ccc(CNC(=O)C2(C)COc3c(oc4ccccc34)C(=O)N2c2cc(C)cc(C)c2)cc1. The van der Waals surface area contributed by atoms with E-state index in [1.807, 2.05) is 74.5 Å². The van der Waals surface area contributed by atoms with Crippen molar-refractivity contribution >= 4 is 28.5 Å². The maximum Gasteiger partial charge on any atom is 0.299 e. The van der Waals surface area contributed by atoms with Gasteiger partial charge in [0.05, 0.1) is 12.5 Å². The van der Waals surface area contributed by atoms with Crippen molar-refractivity contribution in [3.05, 3.63) is 89.2 Å². The standard InChI is InChI=1S/C29H28N2O5/c1-18-13-19(2)15-21(14-18)31-27(32)26-25(23-7-5-6-8-24(23)36-26)35-17-29(31,3)28(33)30-16-20-9-11-22(34-4)12-10-20/h5-15H,16-17H2,1-4H3,(H,30,33). The molecule has 7 nitrogen and oxygen atoms in total. The van der Waals surface area contributed by atoms with E-state index in [9.17, 15) is 9.59 Å². The van der Waals surface area contributed by atoms with E-state index in [1.54, 1.807) is 20.1 Å². The normalized spacial score (nSPS) is 17.3. The lowest BCUT2D eigenvalue weighted by molar-refractivity contribution is -0.126. The first kappa shape index (κ1) is 23.5. The molecule has 1 unspecified atom stereocenters. The Morgan fingerprint density at radius 1 is 1.06 bits per heavy atom. The number of furan rings is 1. The van der Waals surface area contributed by atoms with Crippen molar-refractivity contribution in [3.8, 4) is 11.5 Å². The van der Waals surface area contributed by atoms with Gasteiger partial charge in [-0.1, -0.05) is 30.3 Å². The number of carbonyl (C=O) groups excluding carboxylic acids is 2. The summed E-state index contributed by atoms with van der Waals surface area (Å²) >= 11 is 0. The maximum atomic E-state index is 14.1. The smallest absolute Gasteiger partial charge is 0.299 e. The van der Waals surface area contributed by atoms with Gasteiger partial charge in [-0.05, 0) is 73.9 Å². The van der Waals surface area contributed by atoms with Gasteiger partial charge in [-0.25, -0.2) is 0 Å².